The minimum atomic E-state index is -4.15. The summed E-state index contributed by atoms with van der Waals surface area (Å²) in [5, 5.41) is 2.39. The van der Waals surface area contributed by atoms with E-state index in [1.165, 1.54) is 28.5 Å². The van der Waals surface area contributed by atoms with Gasteiger partial charge in [-0.25, -0.2) is 4.39 Å². The number of ether oxygens (including phenoxy) is 1. The number of benzene rings is 3. The van der Waals surface area contributed by atoms with Gasteiger partial charge >= 0.3 is 16.1 Å². The van der Waals surface area contributed by atoms with Crippen molar-refractivity contribution >= 4 is 26.6 Å². The zero-order valence-electron chi connectivity index (χ0n) is 25.1. The standard InChI is InChI=1S/C34H37FN4O4S/c1-3-24-7-4-8-25-9-5-10-30(31(24)25)38-18-15-28-29(21-38)36-33(42-22-34-16-6-17-39(34)20-26(35)19-34)37-32(28)43-44(40,41)27-13-11-23(2)12-14-27/h4-5,7-14,26H,3,6,15-22H2,1-2H3/t26-,34+/m1/s1. The SMILES string of the molecule is CCc1cccc2cccc(N3CCc4c(nc(OC[C@@]56CCCN5C[C@H](F)C6)nc4OS(=O)(=O)c4ccc(C)cc4)C3)c12. The lowest BCUT2D eigenvalue weighted by Gasteiger charge is -2.33. The molecule has 2 saturated heterocycles. The van der Waals surface area contributed by atoms with Crippen LogP contribution >= 0.6 is 0 Å². The van der Waals surface area contributed by atoms with Gasteiger partial charge in [0.2, 0.25) is 5.88 Å². The maximum absolute atomic E-state index is 14.4. The van der Waals surface area contributed by atoms with Gasteiger partial charge in [0.1, 0.15) is 17.7 Å². The lowest BCUT2D eigenvalue weighted by Crippen LogP contribution is -2.43. The molecule has 44 heavy (non-hydrogen) atoms. The Hall–Kier alpha value is -3.76. The minimum absolute atomic E-state index is 0.00652. The summed E-state index contributed by atoms with van der Waals surface area (Å²) in [7, 11) is -4.15. The van der Waals surface area contributed by atoms with Crippen molar-refractivity contribution in [2.75, 3.05) is 31.1 Å². The molecule has 2 fully saturated rings. The highest BCUT2D eigenvalue weighted by atomic mass is 32.2. The first-order valence-electron chi connectivity index (χ1n) is 15.4. The zero-order valence-corrected chi connectivity index (χ0v) is 25.9. The Balaban J connectivity index is 1.25. The van der Waals surface area contributed by atoms with E-state index >= 15 is 0 Å². The van der Waals surface area contributed by atoms with Gasteiger partial charge in [-0.2, -0.15) is 18.4 Å². The Labute approximate surface area is 258 Å². The maximum Gasteiger partial charge on any atom is 0.340 e. The second-order valence-electron chi connectivity index (χ2n) is 12.3. The van der Waals surface area contributed by atoms with E-state index in [4.69, 9.17) is 13.9 Å². The van der Waals surface area contributed by atoms with Crippen LogP contribution in [0.4, 0.5) is 10.1 Å². The van der Waals surface area contributed by atoms with Crippen LogP contribution in [0.15, 0.2) is 65.6 Å². The largest absolute Gasteiger partial charge is 0.461 e. The number of rotatable bonds is 8. The van der Waals surface area contributed by atoms with E-state index in [1.807, 2.05) is 6.92 Å². The molecule has 3 aliphatic rings. The summed E-state index contributed by atoms with van der Waals surface area (Å²) in [5.74, 6) is -0.00652. The average molecular weight is 617 g/mol. The molecule has 0 aliphatic carbocycles. The summed E-state index contributed by atoms with van der Waals surface area (Å²) >= 11 is 0. The van der Waals surface area contributed by atoms with E-state index in [9.17, 15) is 12.8 Å². The van der Waals surface area contributed by atoms with Gasteiger partial charge in [0.15, 0.2) is 0 Å². The van der Waals surface area contributed by atoms with Crippen LogP contribution in [0.25, 0.3) is 10.8 Å². The monoisotopic (exact) mass is 616 g/mol. The smallest absolute Gasteiger partial charge is 0.340 e. The van der Waals surface area contributed by atoms with E-state index in [2.05, 4.69) is 58.1 Å². The molecule has 3 aliphatic heterocycles. The van der Waals surface area contributed by atoms with Crippen LogP contribution in [-0.2, 0) is 29.5 Å². The number of hydrogen-bond acceptors (Lipinski definition) is 8. The lowest BCUT2D eigenvalue weighted by atomic mass is 9.95. The molecule has 0 bridgehead atoms. The molecule has 4 aromatic rings. The fourth-order valence-electron chi connectivity index (χ4n) is 7.17. The molecule has 8 nitrogen and oxygen atoms in total. The highest BCUT2D eigenvalue weighted by molar-refractivity contribution is 7.87. The van der Waals surface area contributed by atoms with Crippen LogP contribution in [0.5, 0.6) is 11.9 Å². The third-order valence-corrected chi connectivity index (χ3v) is 10.7. The molecule has 230 valence electrons. The Morgan fingerprint density at radius 2 is 1.84 bits per heavy atom. The summed E-state index contributed by atoms with van der Waals surface area (Å²) < 4.78 is 53.1. The van der Waals surface area contributed by atoms with Crippen molar-refractivity contribution in [3.8, 4) is 11.9 Å². The molecule has 0 saturated carbocycles. The Morgan fingerprint density at radius 3 is 2.64 bits per heavy atom. The number of alkyl halides is 1. The van der Waals surface area contributed by atoms with Crippen LogP contribution in [0.2, 0.25) is 0 Å². The quantitative estimate of drug-likeness (QED) is 0.230. The number of halogens is 1. The number of hydrogen-bond donors (Lipinski definition) is 0. The predicted octanol–water partition coefficient (Wildman–Crippen LogP) is 5.79. The van der Waals surface area contributed by atoms with Gasteiger partial charge in [0.05, 0.1) is 17.8 Å². The molecule has 0 N–H and O–H groups in total. The Bertz CT molecular complexity index is 1810. The molecule has 1 aromatic heterocycles. The highest BCUT2D eigenvalue weighted by Crippen LogP contribution is 2.41. The van der Waals surface area contributed by atoms with Crippen LogP contribution in [0, 0.1) is 6.92 Å². The van der Waals surface area contributed by atoms with Gasteiger partial charge in [-0.05, 0) is 68.3 Å². The summed E-state index contributed by atoms with van der Waals surface area (Å²) in [6, 6.07) is 19.3. The number of anilines is 1. The van der Waals surface area contributed by atoms with Crippen molar-refractivity contribution in [1.82, 2.24) is 14.9 Å². The van der Waals surface area contributed by atoms with E-state index < -0.39 is 16.3 Å². The maximum atomic E-state index is 14.4. The summed E-state index contributed by atoms with van der Waals surface area (Å²) in [5.41, 5.74) is 4.26. The minimum Gasteiger partial charge on any atom is -0.461 e. The molecular formula is C34H37FN4O4S. The van der Waals surface area contributed by atoms with E-state index in [0.717, 1.165) is 37.1 Å². The molecule has 0 unspecified atom stereocenters. The lowest BCUT2D eigenvalue weighted by molar-refractivity contribution is 0.106. The summed E-state index contributed by atoms with van der Waals surface area (Å²) in [6.45, 7) is 6.64. The van der Waals surface area contributed by atoms with Crippen LogP contribution < -0.4 is 13.8 Å². The second kappa shape index (κ2) is 11.3. The van der Waals surface area contributed by atoms with Gasteiger partial charge in [-0.1, -0.05) is 55.0 Å². The zero-order chi connectivity index (χ0) is 30.5. The van der Waals surface area contributed by atoms with Crippen LogP contribution in [0.3, 0.4) is 0 Å². The van der Waals surface area contributed by atoms with Crippen molar-refractivity contribution in [3.63, 3.8) is 0 Å². The Kier molecular flexibility index (Phi) is 7.45. The molecule has 3 aromatic carbocycles. The molecular weight excluding hydrogens is 579 g/mol. The van der Waals surface area contributed by atoms with E-state index in [1.54, 1.807) is 12.1 Å². The summed E-state index contributed by atoms with van der Waals surface area (Å²) in [4.78, 5) is 13.8. The molecule has 7 rings (SSSR count). The fourth-order valence-corrected chi connectivity index (χ4v) is 8.09. The van der Waals surface area contributed by atoms with Crippen molar-refractivity contribution in [1.29, 1.82) is 0 Å². The van der Waals surface area contributed by atoms with Gasteiger partial charge in [-0.3, -0.25) is 4.90 Å². The van der Waals surface area contributed by atoms with Gasteiger partial charge in [0.25, 0.3) is 0 Å². The van der Waals surface area contributed by atoms with Crippen LogP contribution in [0.1, 0.15) is 48.6 Å². The molecule has 0 spiro atoms. The number of fused-ring (bicyclic) bond motifs is 3. The van der Waals surface area contributed by atoms with Gasteiger partial charge in [0, 0.05) is 36.1 Å². The van der Waals surface area contributed by atoms with Gasteiger partial charge < -0.3 is 13.8 Å². The molecule has 10 heteroatoms. The third kappa shape index (κ3) is 5.28. The van der Waals surface area contributed by atoms with Crippen molar-refractivity contribution in [2.24, 2.45) is 0 Å². The average Bonchev–Trinajstić information content (AvgIpc) is 3.55. The van der Waals surface area contributed by atoms with Gasteiger partial charge in [-0.15, -0.1) is 0 Å². The Morgan fingerprint density at radius 1 is 1.05 bits per heavy atom. The molecule has 4 heterocycles. The van der Waals surface area contributed by atoms with Crippen molar-refractivity contribution < 1.29 is 21.7 Å². The number of aryl methyl sites for hydroxylation is 2. The van der Waals surface area contributed by atoms with Crippen molar-refractivity contribution in [3.05, 3.63) is 83.0 Å². The highest BCUT2D eigenvalue weighted by Gasteiger charge is 2.49. The number of nitrogens with zero attached hydrogens (tertiary/aromatic N) is 4. The molecule has 0 amide bonds. The summed E-state index contributed by atoms with van der Waals surface area (Å²) in [6.07, 6.45) is 2.77. The predicted molar refractivity (Wildman–Crippen MR) is 168 cm³/mol. The second-order valence-corrected chi connectivity index (χ2v) is 13.8. The number of aromatic nitrogens is 2. The molecule has 0 radical (unpaired) electrons. The van der Waals surface area contributed by atoms with Crippen molar-refractivity contribution in [2.45, 2.75) is 69.1 Å². The first-order valence-corrected chi connectivity index (χ1v) is 16.8. The molecule has 2 atom stereocenters. The first kappa shape index (κ1) is 29.0. The van der Waals surface area contributed by atoms with E-state index in [0.29, 0.717) is 43.7 Å². The van der Waals surface area contributed by atoms with Crippen LogP contribution in [-0.4, -0.2) is 61.2 Å². The first-order chi connectivity index (χ1) is 21.2. The third-order valence-electron chi connectivity index (χ3n) is 9.43. The fraction of sp³-hybridized carbons (Fsp3) is 0.412. The normalized spacial score (nSPS) is 21.8. The van der Waals surface area contributed by atoms with E-state index in [-0.39, 0.29) is 28.9 Å². The topological polar surface area (TPSA) is 84.9 Å².